The summed E-state index contributed by atoms with van der Waals surface area (Å²) >= 11 is 0. The van der Waals surface area contributed by atoms with Crippen molar-refractivity contribution in [2.24, 2.45) is 10.9 Å². The molecule has 0 amide bonds. The van der Waals surface area contributed by atoms with Gasteiger partial charge in [0.05, 0.1) is 17.1 Å². The fourth-order valence-electron chi connectivity index (χ4n) is 2.75. The van der Waals surface area contributed by atoms with E-state index in [2.05, 4.69) is 20.2 Å². The summed E-state index contributed by atoms with van der Waals surface area (Å²) in [6.07, 6.45) is 1.68. The third-order valence-electron chi connectivity index (χ3n) is 3.75. The van der Waals surface area contributed by atoms with E-state index in [1.807, 2.05) is 18.2 Å². The Balaban J connectivity index is 1.96. The molecule has 1 aliphatic rings. The van der Waals surface area contributed by atoms with Gasteiger partial charge in [0, 0.05) is 11.8 Å². The fourth-order valence-corrected chi connectivity index (χ4v) is 2.75. The summed E-state index contributed by atoms with van der Waals surface area (Å²) in [5.74, 6) is 5.97. The number of hydrogen-bond acceptors (Lipinski definition) is 6. The molecule has 2 aromatic heterocycles. The minimum absolute atomic E-state index is 0.0860. The van der Waals surface area contributed by atoms with Gasteiger partial charge in [-0.2, -0.15) is 0 Å². The van der Waals surface area contributed by atoms with Gasteiger partial charge in [0.1, 0.15) is 19.0 Å². The maximum absolute atomic E-state index is 13.9. The lowest BCUT2D eigenvalue weighted by Gasteiger charge is -2.12. The summed E-state index contributed by atoms with van der Waals surface area (Å²) in [4.78, 5) is 13.6. The normalized spacial score (nSPS) is 13.0. The fraction of sp³-hybridized carbons (Fsp3) is 0.125. The Bertz CT molecular complexity index is 922. The highest BCUT2D eigenvalue weighted by atomic mass is 19.1. The lowest BCUT2D eigenvalue weighted by atomic mass is 10.0. The van der Waals surface area contributed by atoms with Crippen molar-refractivity contribution in [2.75, 3.05) is 0 Å². The van der Waals surface area contributed by atoms with Gasteiger partial charge in [0.25, 0.3) is 0 Å². The zero-order chi connectivity index (χ0) is 16.5. The molecule has 0 radical (unpaired) electrons. The van der Waals surface area contributed by atoms with Crippen LogP contribution in [0.25, 0.3) is 5.69 Å². The highest BCUT2D eigenvalue weighted by Crippen LogP contribution is 2.26. The van der Waals surface area contributed by atoms with Crippen molar-refractivity contribution >= 4 is 5.71 Å². The molecule has 7 nitrogen and oxygen atoms in total. The number of rotatable bonds is 3. The van der Waals surface area contributed by atoms with Crippen LogP contribution in [0.1, 0.15) is 22.9 Å². The van der Waals surface area contributed by atoms with Gasteiger partial charge in [-0.3, -0.25) is 19.4 Å². The highest BCUT2D eigenvalue weighted by molar-refractivity contribution is 6.14. The maximum Gasteiger partial charge on any atom is 0.165 e. The van der Waals surface area contributed by atoms with Gasteiger partial charge in [-0.25, -0.2) is 10.3 Å². The van der Waals surface area contributed by atoms with Crippen LogP contribution in [0.4, 0.5) is 4.39 Å². The predicted molar refractivity (Wildman–Crippen MR) is 83.9 cm³/mol. The predicted octanol–water partition coefficient (Wildman–Crippen LogP) is 1.54. The largest absolute Gasteiger partial charge is 0.296 e. The molecule has 0 unspecified atom stereocenters. The molecule has 3 aromatic rings. The molecule has 8 heteroatoms. The van der Waals surface area contributed by atoms with E-state index < -0.39 is 0 Å². The summed E-state index contributed by atoms with van der Waals surface area (Å²) in [5, 5.41) is 8.22. The second kappa shape index (κ2) is 5.91. The first-order valence-corrected chi connectivity index (χ1v) is 7.29. The molecule has 2 N–H and O–H groups in total. The second-order valence-corrected chi connectivity index (χ2v) is 5.22. The van der Waals surface area contributed by atoms with E-state index in [1.54, 1.807) is 16.8 Å². The molecule has 0 spiro atoms. The Hall–Kier alpha value is -2.97. The van der Waals surface area contributed by atoms with Crippen LogP contribution < -0.4 is 5.90 Å². The Morgan fingerprint density at radius 1 is 1.21 bits per heavy atom. The van der Waals surface area contributed by atoms with E-state index in [9.17, 15) is 4.39 Å². The van der Waals surface area contributed by atoms with Crippen LogP contribution in [0, 0.1) is 5.82 Å². The summed E-state index contributed by atoms with van der Waals surface area (Å²) in [7, 11) is 0. The summed E-state index contributed by atoms with van der Waals surface area (Å²) in [6.45, 7) is 0.377. The standard InChI is InChI=1S/C16H13FN6O/c17-10-4-5-13-11(7-10)16(12-3-1-2-6-19-12)20-8-14-21-22-15(9-24-18)23(13)14/h1-7H,8-9,18H2. The molecule has 0 bridgehead atoms. The third-order valence-corrected chi connectivity index (χ3v) is 3.75. The van der Waals surface area contributed by atoms with Crippen molar-refractivity contribution in [1.29, 1.82) is 0 Å². The van der Waals surface area contributed by atoms with E-state index in [4.69, 9.17) is 10.7 Å². The van der Waals surface area contributed by atoms with Gasteiger partial charge in [0.15, 0.2) is 11.6 Å². The van der Waals surface area contributed by atoms with Crippen LogP contribution in [0.3, 0.4) is 0 Å². The Labute approximate surface area is 136 Å². The van der Waals surface area contributed by atoms with Gasteiger partial charge in [-0.15, -0.1) is 10.2 Å². The molecule has 24 heavy (non-hydrogen) atoms. The van der Waals surface area contributed by atoms with Crippen LogP contribution in [-0.2, 0) is 18.0 Å². The van der Waals surface area contributed by atoms with Crippen LogP contribution in [0.15, 0.2) is 47.6 Å². The molecule has 0 saturated heterocycles. The Kier molecular flexibility index (Phi) is 3.60. The zero-order valence-electron chi connectivity index (χ0n) is 12.6. The number of nitrogens with two attached hydrogens (primary N) is 1. The van der Waals surface area contributed by atoms with Gasteiger partial charge < -0.3 is 0 Å². The molecule has 4 rings (SSSR count). The first-order valence-electron chi connectivity index (χ1n) is 7.29. The zero-order valence-corrected chi connectivity index (χ0v) is 12.6. The quantitative estimate of drug-likeness (QED) is 0.738. The number of pyridine rings is 1. The molecule has 120 valence electrons. The number of benzene rings is 1. The molecule has 0 aliphatic carbocycles. The molecule has 1 aromatic carbocycles. The van der Waals surface area contributed by atoms with Gasteiger partial charge in [-0.1, -0.05) is 6.07 Å². The van der Waals surface area contributed by atoms with E-state index in [0.29, 0.717) is 40.9 Å². The number of hydrogen-bond donors (Lipinski definition) is 1. The monoisotopic (exact) mass is 324 g/mol. The molecule has 0 fully saturated rings. The Morgan fingerprint density at radius 3 is 2.92 bits per heavy atom. The molecule has 0 saturated carbocycles. The van der Waals surface area contributed by atoms with E-state index >= 15 is 0 Å². The van der Waals surface area contributed by atoms with Crippen LogP contribution in [0.5, 0.6) is 0 Å². The van der Waals surface area contributed by atoms with Crippen molar-refractivity contribution in [2.45, 2.75) is 13.2 Å². The smallest absolute Gasteiger partial charge is 0.165 e. The molecule has 1 aliphatic heterocycles. The molecular weight excluding hydrogens is 311 g/mol. The van der Waals surface area contributed by atoms with Gasteiger partial charge in [-0.05, 0) is 30.3 Å². The average Bonchev–Trinajstić information content (AvgIpc) is 2.92. The van der Waals surface area contributed by atoms with Crippen LogP contribution in [0.2, 0.25) is 0 Å². The van der Waals surface area contributed by atoms with E-state index in [1.165, 1.54) is 12.1 Å². The highest BCUT2D eigenvalue weighted by Gasteiger charge is 2.23. The number of fused-ring (bicyclic) bond motifs is 3. The van der Waals surface area contributed by atoms with Crippen molar-refractivity contribution in [3.63, 3.8) is 0 Å². The molecule has 3 heterocycles. The summed E-state index contributed by atoms with van der Waals surface area (Å²) < 4.78 is 15.7. The van der Waals surface area contributed by atoms with Gasteiger partial charge >= 0.3 is 0 Å². The number of nitrogens with zero attached hydrogens (tertiary/aromatic N) is 5. The topological polar surface area (TPSA) is 91.2 Å². The van der Waals surface area contributed by atoms with Crippen molar-refractivity contribution in [1.82, 2.24) is 19.7 Å². The minimum Gasteiger partial charge on any atom is -0.296 e. The first-order chi connectivity index (χ1) is 11.8. The Morgan fingerprint density at radius 2 is 2.12 bits per heavy atom. The second-order valence-electron chi connectivity index (χ2n) is 5.22. The first kappa shape index (κ1) is 14.6. The van der Waals surface area contributed by atoms with Crippen LogP contribution in [-0.4, -0.2) is 25.5 Å². The molecule has 0 atom stereocenters. The SMILES string of the molecule is NOCc1nnc2n1-c1ccc(F)cc1C(c1ccccn1)=NC2. The van der Waals surface area contributed by atoms with E-state index in [-0.39, 0.29) is 12.4 Å². The van der Waals surface area contributed by atoms with Crippen molar-refractivity contribution in [3.8, 4) is 5.69 Å². The summed E-state index contributed by atoms with van der Waals surface area (Å²) in [5.41, 5.74) is 2.60. The average molecular weight is 324 g/mol. The maximum atomic E-state index is 13.9. The van der Waals surface area contributed by atoms with Gasteiger partial charge in [0.2, 0.25) is 0 Å². The number of aliphatic imine (C=N–C) groups is 1. The van der Waals surface area contributed by atoms with Crippen LogP contribution >= 0.6 is 0 Å². The molecular formula is C16H13FN6O. The third kappa shape index (κ3) is 2.38. The minimum atomic E-state index is -0.356. The summed E-state index contributed by atoms with van der Waals surface area (Å²) in [6, 6.07) is 10.0. The van der Waals surface area contributed by atoms with Crippen molar-refractivity contribution < 1.29 is 9.23 Å². The number of aromatic nitrogens is 4. The van der Waals surface area contributed by atoms with Crippen molar-refractivity contribution in [3.05, 3.63) is 71.3 Å². The van der Waals surface area contributed by atoms with E-state index in [0.717, 1.165) is 0 Å². The lowest BCUT2D eigenvalue weighted by molar-refractivity contribution is 0.117. The number of halogens is 1. The lowest BCUT2D eigenvalue weighted by Crippen LogP contribution is -2.12.